The lowest BCUT2D eigenvalue weighted by Crippen LogP contribution is -2.34. The van der Waals surface area contributed by atoms with Gasteiger partial charge in [0.2, 0.25) is 5.91 Å². The highest BCUT2D eigenvalue weighted by atomic mass is 35.5. The summed E-state index contributed by atoms with van der Waals surface area (Å²) in [5.74, 6) is 0.644. The molecule has 106 valence electrons. The summed E-state index contributed by atoms with van der Waals surface area (Å²) in [4.78, 5) is 11.9. The SMILES string of the molecule is CCCC1(CNC(=O)C[C@@H]2CCC[C@H]2N)CC1.Cl. The second kappa shape index (κ2) is 6.76. The van der Waals surface area contributed by atoms with Gasteiger partial charge in [0.15, 0.2) is 0 Å². The zero-order valence-corrected chi connectivity index (χ0v) is 12.2. The lowest BCUT2D eigenvalue weighted by atomic mass is 9.98. The maximum absolute atomic E-state index is 11.9. The van der Waals surface area contributed by atoms with Gasteiger partial charge in [-0.3, -0.25) is 4.79 Å². The molecule has 0 aliphatic heterocycles. The van der Waals surface area contributed by atoms with Gasteiger partial charge in [-0.15, -0.1) is 12.4 Å². The molecule has 0 bridgehead atoms. The van der Waals surface area contributed by atoms with E-state index in [4.69, 9.17) is 5.73 Å². The fourth-order valence-corrected chi connectivity index (χ4v) is 3.14. The number of halogens is 1. The molecule has 0 aromatic carbocycles. The molecule has 2 saturated carbocycles. The maximum atomic E-state index is 11.9. The van der Waals surface area contributed by atoms with Crippen LogP contribution < -0.4 is 11.1 Å². The van der Waals surface area contributed by atoms with E-state index in [1.54, 1.807) is 0 Å². The smallest absolute Gasteiger partial charge is 0.220 e. The second-order valence-corrected chi connectivity index (χ2v) is 6.09. The Balaban J connectivity index is 0.00000162. The molecule has 0 spiro atoms. The van der Waals surface area contributed by atoms with Gasteiger partial charge in [-0.2, -0.15) is 0 Å². The largest absolute Gasteiger partial charge is 0.356 e. The highest BCUT2D eigenvalue weighted by Gasteiger charge is 2.41. The summed E-state index contributed by atoms with van der Waals surface area (Å²) in [6.07, 6.45) is 9.14. The van der Waals surface area contributed by atoms with Crippen molar-refractivity contribution >= 4 is 18.3 Å². The molecular weight excluding hydrogens is 248 g/mol. The van der Waals surface area contributed by atoms with Crippen molar-refractivity contribution in [2.24, 2.45) is 17.1 Å². The maximum Gasteiger partial charge on any atom is 0.220 e. The van der Waals surface area contributed by atoms with E-state index in [-0.39, 0.29) is 24.4 Å². The van der Waals surface area contributed by atoms with E-state index < -0.39 is 0 Å². The van der Waals surface area contributed by atoms with Crippen molar-refractivity contribution in [3.8, 4) is 0 Å². The highest BCUT2D eigenvalue weighted by Crippen LogP contribution is 2.48. The first kappa shape index (κ1) is 15.8. The molecule has 0 unspecified atom stereocenters. The number of rotatable bonds is 6. The third-order valence-corrected chi connectivity index (χ3v) is 4.56. The molecule has 2 aliphatic rings. The Labute approximate surface area is 117 Å². The van der Waals surface area contributed by atoms with E-state index >= 15 is 0 Å². The number of amides is 1. The first-order valence-corrected chi connectivity index (χ1v) is 7.17. The minimum Gasteiger partial charge on any atom is -0.356 e. The summed E-state index contributed by atoms with van der Waals surface area (Å²) in [6.45, 7) is 3.11. The van der Waals surface area contributed by atoms with Gasteiger partial charge < -0.3 is 11.1 Å². The lowest BCUT2D eigenvalue weighted by molar-refractivity contribution is -0.122. The van der Waals surface area contributed by atoms with Gasteiger partial charge in [-0.25, -0.2) is 0 Å². The third-order valence-electron chi connectivity index (χ3n) is 4.56. The van der Waals surface area contributed by atoms with Crippen molar-refractivity contribution < 1.29 is 4.79 Å². The van der Waals surface area contributed by atoms with Crippen molar-refractivity contribution in [1.82, 2.24) is 5.32 Å². The number of nitrogens with two attached hydrogens (primary N) is 1. The molecule has 4 heteroatoms. The molecule has 18 heavy (non-hydrogen) atoms. The quantitative estimate of drug-likeness (QED) is 0.782. The van der Waals surface area contributed by atoms with Crippen LogP contribution in [-0.4, -0.2) is 18.5 Å². The van der Waals surface area contributed by atoms with Crippen LogP contribution >= 0.6 is 12.4 Å². The van der Waals surface area contributed by atoms with Crippen LogP contribution in [0, 0.1) is 11.3 Å². The molecule has 0 aromatic heterocycles. The summed E-state index contributed by atoms with van der Waals surface area (Å²) in [5.41, 5.74) is 6.45. The molecule has 2 fully saturated rings. The molecule has 0 saturated heterocycles. The first-order chi connectivity index (χ1) is 8.15. The molecule has 3 nitrogen and oxygen atoms in total. The van der Waals surface area contributed by atoms with E-state index in [0.717, 1.165) is 19.4 Å². The molecule has 2 atom stereocenters. The molecule has 2 aliphatic carbocycles. The average molecular weight is 275 g/mol. The second-order valence-electron chi connectivity index (χ2n) is 6.09. The zero-order valence-electron chi connectivity index (χ0n) is 11.4. The lowest BCUT2D eigenvalue weighted by Gasteiger charge is -2.18. The van der Waals surface area contributed by atoms with Gasteiger partial charge >= 0.3 is 0 Å². The van der Waals surface area contributed by atoms with Gasteiger partial charge in [0, 0.05) is 19.0 Å². The third kappa shape index (κ3) is 4.13. The summed E-state index contributed by atoms with van der Waals surface area (Å²) < 4.78 is 0. The van der Waals surface area contributed by atoms with E-state index in [9.17, 15) is 4.79 Å². The van der Waals surface area contributed by atoms with Gasteiger partial charge in [0.25, 0.3) is 0 Å². The number of carbonyl (C=O) groups excluding carboxylic acids is 1. The molecule has 3 N–H and O–H groups in total. The summed E-state index contributed by atoms with van der Waals surface area (Å²) in [5, 5.41) is 3.12. The van der Waals surface area contributed by atoms with E-state index in [0.29, 0.717) is 17.8 Å². The number of nitrogens with one attached hydrogen (secondary N) is 1. The van der Waals surface area contributed by atoms with Crippen molar-refractivity contribution in [2.45, 2.75) is 64.3 Å². The predicted molar refractivity (Wildman–Crippen MR) is 76.8 cm³/mol. The van der Waals surface area contributed by atoms with Crippen LogP contribution in [0.3, 0.4) is 0 Å². The van der Waals surface area contributed by atoms with E-state index in [2.05, 4.69) is 12.2 Å². The van der Waals surface area contributed by atoms with Crippen LogP contribution in [0.5, 0.6) is 0 Å². The molecule has 0 heterocycles. The van der Waals surface area contributed by atoms with Crippen LogP contribution in [0.15, 0.2) is 0 Å². The normalized spacial score (nSPS) is 28.6. The Bertz CT molecular complexity index is 279. The molecular formula is C14H27ClN2O. The van der Waals surface area contributed by atoms with Crippen LogP contribution in [-0.2, 0) is 4.79 Å². The Morgan fingerprint density at radius 3 is 2.61 bits per heavy atom. The Hall–Kier alpha value is -0.280. The minimum absolute atomic E-state index is 0. The van der Waals surface area contributed by atoms with Crippen molar-refractivity contribution in [3.05, 3.63) is 0 Å². The number of hydrogen-bond acceptors (Lipinski definition) is 2. The highest BCUT2D eigenvalue weighted by molar-refractivity contribution is 5.85. The summed E-state index contributed by atoms with van der Waals surface area (Å²) in [7, 11) is 0. The number of carbonyl (C=O) groups is 1. The fourth-order valence-electron chi connectivity index (χ4n) is 3.14. The van der Waals surface area contributed by atoms with Crippen LogP contribution in [0.1, 0.15) is 58.3 Å². The molecule has 1 amide bonds. The van der Waals surface area contributed by atoms with Crippen LogP contribution in [0.25, 0.3) is 0 Å². The Morgan fingerprint density at radius 1 is 1.39 bits per heavy atom. The van der Waals surface area contributed by atoms with Gasteiger partial charge in [-0.1, -0.05) is 19.8 Å². The monoisotopic (exact) mass is 274 g/mol. The van der Waals surface area contributed by atoms with E-state index in [1.165, 1.54) is 32.1 Å². The molecule has 2 rings (SSSR count). The molecule has 0 radical (unpaired) electrons. The van der Waals surface area contributed by atoms with Gasteiger partial charge in [0.05, 0.1) is 0 Å². The average Bonchev–Trinajstić information content (AvgIpc) is 2.95. The van der Waals surface area contributed by atoms with Crippen molar-refractivity contribution in [2.75, 3.05) is 6.54 Å². The first-order valence-electron chi connectivity index (χ1n) is 7.17. The van der Waals surface area contributed by atoms with Crippen molar-refractivity contribution in [3.63, 3.8) is 0 Å². The van der Waals surface area contributed by atoms with Crippen LogP contribution in [0.4, 0.5) is 0 Å². The zero-order chi connectivity index (χ0) is 12.3. The standard InChI is InChI=1S/C14H26N2O.ClH/c1-2-6-14(7-8-14)10-16-13(17)9-11-4-3-5-12(11)15;/h11-12H,2-10,15H2,1H3,(H,16,17);1H/t11-,12+;/m0./s1. The fraction of sp³-hybridized carbons (Fsp3) is 0.929. The minimum atomic E-state index is 0. The van der Waals surface area contributed by atoms with Gasteiger partial charge in [-0.05, 0) is 43.4 Å². The van der Waals surface area contributed by atoms with Gasteiger partial charge in [0.1, 0.15) is 0 Å². The predicted octanol–water partition coefficient (Wildman–Crippen LogP) is 2.62. The summed E-state index contributed by atoms with van der Waals surface area (Å²) in [6, 6.07) is 0.256. The molecule has 0 aromatic rings. The Kier molecular flexibility index (Phi) is 5.93. The van der Waals surface area contributed by atoms with Crippen molar-refractivity contribution in [1.29, 1.82) is 0 Å². The van der Waals surface area contributed by atoms with E-state index in [1.807, 2.05) is 0 Å². The number of hydrogen-bond donors (Lipinski definition) is 2. The topological polar surface area (TPSA) is 55.1 Å². The van der Waals surface area contributed by atoms with Crippen LogP contribution in [0.2, 0.25) is 0 Å². The Morgan fingerprint density at radius 2 is 2.11 bits per heavy atom. The summed E-state index contributed by atoms with van der Waals surface area (Å²) >= 11 is 0.